The molecule has 0 N–H and O–H groups in total. The summed E-state index contributed by atoms with van der Waals surface area (Å²) < 4.78 is 11.1. The Balaban J connectivity index is 1.45. The van der Waals surface area contributed by atoms with E-state index in [1.54, 1.807) is 0 Å². The third kappa shape index (κ3) is 5.04. The van der Waals surface area contributed by atoms with Crippen molar-refractivity contribution in [1.82, 2.24) is 19.9 Å². The Morgan fingerprint density at radius 2 is 1.88 bits per heavy atom. The summed E-state index contributed by atoms with van der Waals surface area (Å²) in [4.78, 5) is 21.6. The third-order valence-corrected chi connectivity index (χ3v) is 5.29. The summed E-state index contributed by atoms with van der Waals surface area (Å²) in [5, 5.41) is 4.05. The van der Waals surface area contributed by atoms with E-state index in [0.717, 1.165) is 51.0 Å². The summed E-state index contributed by atoms with van der Waals surface area (Å²) in [5.41, 5.74) is 0. The van der Waals surface area contributed by atoms with Crippen molar-refractivity contribution in [3.05, 3.63) is 11.7 Å². The first-order valence-corrected chi connectivity index (χ1v) is 10.0. The standard InChI is InChI=1S/C19H32N4O3/c1-4-5-6-17-20-18(26-21-17)13-22-9-7-16(8-10-22)19(24)23-11-14(2)25-15(3)12-23/h14-16H,4-13H2,1-3H3. The van der Waals surface area contributed by atoms with E-state index in [0.29, 0.717) is 31.4 Å². The van der Waals surface area contributed by atoms with Crippen molar-refractivity contribution in [3.8, 4) is 0 Å². The van der Waals surface area contributed by atoms with Gasteiger partial charge in [-0.25, -0.2) is 0 Å². The predicted molar refractivity (Wildman–Crippen MR) is 97.5 cm³/mol. The zero-order valence-electron chi connectivity index (χ0n) is 16.3. The number of unbranched alkanes of at least 4 members (excludes halogenated alkanes) is 1. The Hall–Kier alpha value is -1.47. The van der Waals surface area contributed by atoms with Crippen LogP contribution < -0.4 is 0 Å². The number of ether oxygens (including phenoxy) is 1. The van der Waals surface area contributed by atoms with Crippen LogP contribution in [0.1, 0.15) is 58.2 Å². The van der Waals surface area contributed by atoms with Gasteiger partial charge in [-0.15, -0.1) is 0 Å². The third-order valence-electron chi connectivity index (χ3n) is 5.29. The number of aryl methyl sites for hydroxylation is 1. The molecule has 3 heterocycles. The fraction of sp³-hybridized carbons (Fsp3) is 0.842. The number of morpholine rings is 1. The highest BCUT2D eigenvalue weighted by Gasteiger charge is 2.32. The molecule has 2 aliphatic heterocycles. The lowest BCUT2D eigenvalue weighted by atomic mass is 9.94. The minimum Gasteiger partial charge on any atom is -0.372 e. The number of hydrogen-bond donors (Lipinski definition) is 0. The summed E-state index contributed by atoms with van der Waals surface area (Å²) in [6.07, 6.45) is 5.15. The fourth-order valence-corrected chi connectivity index (χ4v) is 3.94. The van der Waals surface area contributed by atoms with Gasteiger partial charge in [0.05, 0.1) is 18.8 Å². The van der Waals surface area contributed by atoms with Crippen LogP contribution in [0.5, 0.6) is 0 Å². The van der Waals surface area contributed by atoms with Crippen LogP contribution >= 0.6 is 0 Å². The highest BCUT2D eigenvalue weighted by Crippen LogP contribution is 2.23. The van der Waals surface area contributed by atoms with E-state index in [2.05, 4.69) is 22.0 Å². The van der Waals surface area contributed by atoms with Crippen LogP contribution in [0.2, 0.25) is 0 Å². The van der Waals surface area contributed by atoms with E-state index in [9.17, 15) is 4.79 Å². The van der Waals surface area contributed by atoms with Crippen LogP contribution in [0, 0.1) is 5.92 Å². The second-order valence-corrected chi connectivity index (χ2v) is 7.76. The van der Waals surface area contributed by atoms with Crippen LogP contribution in [-0.4, -0.2) is 64.2 Å². The lowest BCUT2D eigenvalue weighted by molar-refractivity contribution is -0.149. The van der Waals surface area contributed by atoms with Gasteiger partial charge >= 0.3 is 0 Å². The van der Waals surface area contributed by atoms with Gasteiger partial charge in [-0.05, 0) is 46.2 Å². The molecule has 2 fully saturated rings. The SMILES string of the molecule is CCCCc1noc(CN2CCC(C(=O)N3CC(C)OC(C)C3)CC2)n1. The molecule has 1 aromatic heterocycles. The Morgan fingerprint density at radius 3 is 2.54 bits per heavy atom. The summed E-state index contributed by atoms with van der Waals surface area (Å²) in [7, 11) is 0. The van der Waals surface area contributed by atoms with Crippen molar-refractivity contribution in [1.29, 1.82) is 0 Å². The van der Waals surface area contributed by atoms with Crippen molar-refractivity contribution in [3.63, 3.8) is 0 Å². The highest BCUT2D eigenvalue weighted by molar-refractivity contribution is 5.79. The number of nitrogens with zero attached hydrogens (tertiary/aromatic N) is 4. The first kappa shape index (κ1) is 19.3. The maximum Gasteiger partial charge on any atom is 0.240 e. The van der Waals surface area contributed by atoms with Crippen molar-refractivity contribution in [2.24, 2.45) is 5.92 Å². The van der Waals surface area contributed by atoms with E-state index in [-0.39, 0.29) is 18.1 Å². The lowest BCUT2D eigenvalue weighted by Gasteiger charge is -2.39. The van der Waals surface area contributed by atoms with Gasteiger partial charge < -0.3 is 14.2 Å². The highest BCUT2D eigenvalue weighted by atomic mass is 16.5. The predicted octanol–water partition coefficient (Wildman–Crippen LogP) is 2.26. The molecular weight excluding hydrogens is 332 g/mol. The first-order valence-electron chi connectivity index (χ1n) is 10.0. The molecule has 2 unspecified atom stereocenters. The van der Waals surface area contributed by atoms with Gasteiger partial charge in [0.1, 0.15) is 0 Å². The number of carbonyl (C=O) groups is 1. The van der Waals surface area contributed by atoms with Crippen molar-refractivity contribution in [2.45, 2.75) is 71.6 Å². The monoisotopic (exact) mass is 364 g/mol. The molecule has 146 valence electrons. The molecule has 0 spiro atoms. The molecule has 0 aliphatic carbocycles. The second kappa shape index (κ2) is 8.95. The van der Waals surface area contributed by atoms with E-state index in [4.69, 9.17) is 9.26 Å². The van der Waals surface area contributed by atoms with Crippen molar-refractivity contribution >= 4 is 5.91 Å². The largest absolute Gasteiger partial charge is 0.372 e. The minimum atomic E-state index is 0.127. The molecule has 7 nitrogen and oxygen atoms in total. The number of piperidine rings is 1. The number of aromatic nitrogens is 2. The molecule has 2 saturated heterocycles. The molecule has 2 aliphatic rings. The average Bonchev–Trinajstić information content (AvgIpc) is 3.06. The van der Waals surface area contributed by atoms with Crippen LogP contribution in [0.3, 0.4) is 0 Å². The van der Waals surface area contributed by atoms with Gasteiger partial charge in [-0.3, -0.25) is 9.69 Å². The quantitative estimate of drug-likeness (QED) is 0.771. The molecule has 2 atom stereocenters. The number of rotatable bonds is 6. The smallest absolute Gasteiger partial charge is 0.240 e. The molecule has 26 heavy (non-hydrogen) atoms. The molecule has 1 amide bonds. The molecular formula is C19H32N4O3. The van der Waals surface area contributed by atoms with E-state index >= 15 is 0 Å². The van der Waals surface area contributed by atoms with E-state index in [1.807, 2.05) is 18.7 Å². The molecule has 0 saturated carbocycles. The maximum absolute atomic E-state index is 12.8. The van der Waals surface area contributed by atoms with Gasteiger partial charge in [0.2, 0.25) is 11.8 Å². The van der Waals surface area contributed by atoms with Gasteiger partial charge in [0, 0.05) is 25.4 Å². The van der Waals surface area contributed by atoms with Gasteiger partial charge in [-0.2, -0.15) is 4.98 Å². The van der Waals surface area contributed by atoms with E-state index < -0.39 is 0 Å². The Bertz CT molecular complexity index is 573. The number of amides is 1. The van der Waals surface area contributed by atoms with E-state index in [1.165, 1.54) is 0 Å². The molecule has 1 aromatic rings. The first-order chi connectivity index (χ1) is 12.5. The van der Waals surface area contributed by atoms with Crippen LogP contribution in [0.15, 0.2) is 4.52 Å². The normalized spacial score (nSPS) is 25.6. The van der Waals surface area contributed by atoms with Crippen LogP contribution in [0.25, 0.3) is 0 Å². The summed E-state index contributed by atoms with van der Waals surface area (Å²) in [6, 6.07) is 0. The second-order valence-electron chi connectivity index (χ2n) is 7.76. The molecule has 3 rings (SSSR count). The Kier molecular flexibility index (Phi) is 6.64. The molecule has 0 radical (unpaired) electrons. The van der Waals surface area contributed by atoms with Gasteiger partial charge in [-0.1, -0.05) is 18.5 Å². The zero-order valence-corrected chi connectivity index (χ0v) is 16.3. The average molecular weight is 364 g/mol. The maximum atomic E-state index is 12.8. The van der Waals surface area contributed by atoms with Crippen molar-refractivity contribution < 1.29 is 14.1 Å². The fourth-order valence-electron chi connectivity index (χ4n) is 3.94. The Morgan fingerprint density at radius 1 is 1.19 bits per heavy atom. The number of likely N-dealkylation sites (tertiary alicyclic amines) is 1. The lowest BCUT2D eigenvalue weighted by Crippen LogP contribution is -2.51. The summed E-state index contributed by atoms with van der Waals surface area (Å²) in [6.45, 7) is 10.2. The number of hydrogen-bond acceptors (Lipinski definition) is 6. The molecule has 0 aromatic carbocycles. The minimum absolute atomic E-state index is 0.127. The number of carbonyl (C=O) groups excluding carboxylic acids is 1. The Labute approximate surface area is 156 Å². The summed E-state index contributed by atoms with van der Waals surface area (Å²) >= 11 is 0. The molecule has 0 bridgehead atoms. The molecule has 7 heteroatoms. The van der Waals surface area contributed by atoms with Crippen LogP contribution in [0.4, 0.5) is 0 Å². The van der Waals surface area contributed by atoms with Gasteiger partial charge in [0.25, 0.3) is 0 Å². The van der Waals surface area contributed by atoms with Crippen LogP contribution in [-0.2, 0) is 22.5 Å². The summed E-state index contributed by atoms with van der Waals surface area (Å²) in [5.74, 6) is 1.93. The van der Waals surface area contributed by atoms with Gasteiger partial charge in [0.15, 0.2) is 5.82 Å². The van der Waals surface area contributed by atoms with Crippen molar-refractivity contribution in [2.75, 3.05) is 26.2 Å². The zero-order chi connectivity index (χ0) is 18.5. The topological polar surface area (TPSA) is 71.7 Å².